The fourth-order valence-electron chi connectivity index (χ4n) is 2.72. The summed E-state index contributed by atoms with van der Waals surface area (Å²) in [5, 5.41) is 2.85. The Morgan fingerprint density at radius 2 is 1.88 bits per heavy atom. The van der Waals surface area contributed by atoms with Gasteiger partial charge in [0.2, 0.25) is 5.91 Å². The van der Waals surface area contributed by atoms with E-state index in [1.165, 1.54) is 12.5 Å². The van der Waals surface area contributed by atoms with Crippen molar-refractivity contribution < 1.29 is 14.3 Å². The quantitative estimate of drug-likeness (QED) is 0.944. The Morgan fingerprint density at radius 1 is 1.17 bits per heavy atom. The molecule has 1 atom stereocenters. The lowest BCUT2D eigenvalue weighted by Gasteiger charge is -2.33. The fraction of sp³-hybridized carbons (Fsp3) is 0.263. The highest BCUT2D eigenvalue weighted by Gasteiger charge is 2.32. The van der Waals surface area contributed by atoms with Crippen LogP contribution in [0.5, 0.6) is 5.75 Å². The average molecular weight is 324 g/mol. The van der Waals surface area contributed by atoms with Crippen LogP contribution in [0.3, 0.4) is 0 Å². The molecule has 5 heteroatoms. The van der Waals surface area contributed by atoms with Crippen molar-refractivity contribution in [2.75, 3.05) is 16.8 Å². The first kappa shape index (κ1) is 16.1. The van der Waals surface area contributed by atoms with Gasteiger partial charge in [-0.25, -0.2) is 0 Å². The molecule has 1 aliphatic rings. The van der Waals surface area contributed by atoms with Crippen molar-refractivity contribution in [1.82, 2.24) is 0 Å². The summed E-state index contributed by atoms with van der Waals surface area (Å²) in [6, 6.07) is 14.9. The summed E-state index contributed by atoms with van der Waals surface area (Å²) in [6.07, 6.45) is 0.208. The molecule has 24 heavy (non-hydrogen) atoms. The molecule has 2 aromatic carbocycles. The van der Waals surface area contributed by atoms with Gasteiger partial charge in [-0.2, -0.15) is 0 Å². The molecule has 0 saturated heterocycles. The molecular formula is C19H20N2O3. The van der Waals surface area contributed by atoms with Crippen molar-refractivity contribution in [1.29, 1.82) is 0 Å². The Hall–Kier alpha value is -2.82. The lowest BCUT2D eigenvalue weighted by molar-refractivity contribution is -0.123. The second-order valence-corrected chi connectivity index (χ2v) is 5.74. The average Bonchev–Trinajstić information content (AvgIpc) is 2.61. The van der Waals surface area contributed by atoms with E-state index in [9.17, 15) is 9.59 Å². The second kappa shape index (κ2) is 6.74. The Kier molecular flexibility index (Phi) is 4.51. The molecule has 2 amide bonds. The van der Waals surface area contributed by atoms with Crippen LogP contribution in [0, 0.1) is 0 Å². The number of anilines is 2. The van der Waals surface area contributed by atoms with E-state index in [-0.39, 0.29) is 18.4 Å². The molecule has 1 aliphatic heterocycles. The maximum atomic E-state index is 12.5. The standard InChI is InChI=1S/C19H20N2O3/c1-3-14-8-10-15(11-9-14)20-19(23)18-12-21(13(2)22)16-6-4-5-7-17(16)24-18/h4-11,18H,3,12H2,1-2H3,(H,20,23). The number of nitrogens with one attached hydrogen (secondary N) is 1. The second-order valence-electron chi connectivity index (χ2n) is 5.74. The van der Waals surface area contributed by atoms with E-state index in [4.69, 9.17) is 4.74 Å². The van der Waals surface area contributed by atoms with E-state index in [0.717, 1.165) is 6.42 Å². The zero-order valence-corrected chi connectivity index (χ0v) is 13.8. The number of hydrogen-bond donors (Lipinski definition) is 1. The number of carbonyl (C=O) groups excluding carboxylic acids is 2. The maximum absolute atomic E-state index is 12.5. The van der Waals surface area contributed by atoms with Gasteiger partial charge in [0.25, 0.3) is 5.91 Å². The SMILES string of the molecule is CCc1ccc(NC(=O)C2CN(C(C)=O)c3ccccc3O2)cc1. The van der Waals surface area contributed by atoms with Gasteiger partial charge in [0.1, 0.15) is 5.75 Å². The Bertz CT molecular complexity index is 755. The van der Waals surface area contributed by atoms with E-state index in [1.807, 2.05) is 42.5 Å². The zero-order valence-electron chi connectivity index (χ0n) is 13.8. The maximum Gasteiger partial charge on any atom is 0.267 e. The number of rotatable bonds is 3. The fourth-order valence-corrected chi connectivity index (χ4v) is 2.72. The predicted octanol–water partition coefficient (Wildman–Crippen LogP) is 3.00. The van der Waals surface area contributed by atoms with E-state index in [1.54, 1.807) is 11.0 Å². The lowest BCUT2D eigenvalue weighted by atomic mass is 10.1. The molecule has 0 aliphatic carbocycles. The van der Waals surface area contributed by atoms with Gasteiger partial charge in [0.05, 0.1) is 12.2 Å². The lowest BCUT2D eigenvalue weighted by Crippen LogP contribution is -2.48. The van der Waals surface area contributed by atoms with Gasteiger partial charge in [-0.1, -0.05) is 31.2 Å². The summed E-state index contributed by atoms with van der Waals surface area (Å²) in [6.45, 7) is 3.77. The number of ether oxygens (including phenoxy) is 1. The number of nitrogens with zero attached hydrogens (tertiary/aromatic N) is 1. The summed E-state index contributed by atoms with van der Waals surface area (Å²) in [5.74, 6) is 0.163. The van der Waals surface area contributed by atoms with E-state index >= 15 is 0 Å². The Morgan fingerprint density at radius 3 is 2.54 bits per heavy atom. The van der Waals surface area contributed by atoms with Gasteiger partial charge in [0.15, 0.2) is 6.10 Å². The third-order valence-electron chi connectivity index (χ3n) is 4.08. The summed E-state index contributed by atoms with van der Waals surface area (Å²) in [7, 11) is 0. The molecule has 0 saturated carbocycles. The highest BCUT2D eigenvalue weighted by atomic mass is 16.5. The molecule has 1 heterocycles. The first-order valence-electron chi connectivity index (χ1n) is 8.02. The van der Waals surface area contributed by atoms with E-state index in [2.05, 4.69) is 12.2 Å². The topological polar surface area (TPSA) is 58.6 Å². The number of hydrogen-bond acceptors (Lipinski definition) is 3. The van der Waals surface area contributed by atoms with Gasteiger partial charge in [-0.3, -0.25) is 9.59 Å². The first-order valence-corrected chi connectivity index (χ1v) is 8.02. The van der Waals surface area contributed by atoms with Crippen LogP contribution in [0.1, 0.15) is 19.4 Å². The number of carbonyl (C=O) groups is 2. The summed E-state index contributed by atoms with van der Waals surface area (Å²) < 4.78 is 5.79. The van der Waals surface area contributed by atoms with Crippen molar-refractivity contribution in [2.45, 2.75) is 26.4 Å². The predicted molar refractivity (Wildman–Crippen MR) is 93.3 cm³/mol. The van der Waals surface area contributed by atoms with Crippen molar-refractivity contribution in [3.8, 4) is 5.75 Å². The molecule has 0 fully saturated rings. The largest absolute Gasteiger partial charge is 0.476 e. The highest BCUT2D eigenvalue weighted by molar-refractivity contribution is 5.99. The minimum absolute atomic E-state index is 0.115. The smallest absolute Gasteiger partial charge is 0.267 e. The molecule has 2 aromatic rings. The summed E-state index contributed by atoms with van der Waals surface area (Å²) in [5.41, 5.74) is 2.62. The van der Waals surface area contributed by atoms with Crippen molar-refractivity contribution >= 4 is 23.2 Å². The molecule has 3 rings (SSSR count). The minimum atomic E-state index is -0.741. The number of para-hydroxylation sites is 2. The van der Waals surface area contributed by atoms with Crippen LogP contribution >= 0.6 is 0 Å². The number of aryl methyl sites for hydroxylation is 1. The highest BCUT2D eigenvalue weighted by Crippen LogP contribution is 2.33. The summed E-state index contributed by atoms with van der Waals surface area (Å²) >= 11 is 0. The van der Waals surface area contributed by atoms with Gasteiger partial charge < -0.3 is 15.0 Å². The minimum Gasteiger partial charge on any atom is -0.476 e. The first-order chi connectivity index (χ1) is 11.6. The molecule has 0 spiro atoms. The molecule has 0 aromatic heterocycles. The van der Waals surface area contributed by atoms with Crippen molar-refractivity contribution in [2.24, 2.45) is 0 Å². The van der Waals surface area contributed by atoms with Crippen LogP contribution in [0.25, 0.3) is 0 Å². The zero-order chi connectivity index (χ0) is 17.1. The summed E-state index contributed by atoms with van der Waals surface area (Å²) in [4.78, 5) is 26.0. The van der Waals surface area contributed by atoms with Crippen LogP contribution in [-0.2, 0) is 16.0 Å². The van der Waals surface area contributed by atoms with E-state index in [0.29, 0.717) is 17.1 Å². The monoisotopic (exact) mass is 324 g/mol. The van der Waals surface area contributed by atoms with Gasteiger partial charge in [-0.05, 0) is 36.2 Å². The molecule has 1 unspecified atom stereocenters. The third kappa shape index (κ3) is 3.25. The normalized spacial score (nSPS) is 16.1. The van der Waals surface area contributed by atoms with Crippen LogP contribution in [0.4, 0.5) is 11.4 Å². The number of benzene rings is 2. The van der Waals surface area contributed by atoms with Crippen LogP contribution < -0.4 is 15.0 Å². The molecule has 0 bridgehead atoms. The molecule has 5 nitrogen and oxygen atoms in total. The molecule has 1 N–H and O–H groups in total. The molecule has 0 radical (unpaired) electrons. The third-order valence-corrected chi connectivity index (χ3v) is 4.08. The van der Waals surface area contributed by atoms with Gasteiger partial charge in [-0.15, -0.1) is 0 Å². The molecular weight excluding hydrogens is 304 g/mol. The van der Waals surface area contributed by atoms with Gasteiger partial charge in [0, 0.05) is 12.6 Å². The Balaban J connectivity index is 1.77. The molecule has 124 valence electrons. The van der Waals surface area contributed by atoms with Crippen LogP contribution in [0.15, 0.2) is 48.5 Å². The van der Waals surface area contributed by atoms with Crippen molar-refractivity contribution in [3.05, 3.63) is 54.1 Å². The van der Waals surface area contributed by atoms with Crippen molar-refractivity contribution in [3.63, 3.8) is 0 Å². The number of fused-ring (bicyclic) bond motifs is 1. The number of amides is 2. The van der Waals surface area contributed by atoms with Gasteiger partial charge >= 0.3 is 0 Å². The van der Waals surface area contributed by atoms with Crippen LogP contribution in [-0.4, -0.2) is 24.5 Å². The van der Waals surface area contributed by atoms with Crippen LogP contribution in [0.2, 0.25) is 0 Å². The van der Waals surface area contributed by atoms with E-state index < -0.39 is 6.10 Å². The Labute approximate surface area is 141 Å².